The highest BCUT2D eigenvalue weighted by Crippen LogP contribution is 2.26. The van der Waals surface area contributed by atoms with Crippen LogP contribution in [0.3, 0.4) is 0 Å². The van der Waals surface area contributed by atoms with Crippen LogP contribution in [0.4, 0.5) is 0 Å². The van der Waals surface area contributed by atoms with Gasteiger partial charge in [-0.1, -0.05) is 24.3 Å². The van der Waals surface area contributed by atoms with Crippen molar-refractivity contribution >= 4 is 28.1 Å². The summed E-state index contributed by atoms with van der Waals surface area (Å²) in [6, 6.07) is 14.5. The fraction of sp³-hybridized carbons (Fsp3) is 0.333. The van der Waals surface area contributed by atoms with Crippen LogP contribution in [0, 0.1) is 0 Å². The first kappa shape index (κ1) is 16.3. The number of aryl methyl sites for hydroxylation is 1. The summed E-state index contributed by atoms with van der Waals surface area (Å²) < 4.78 is 0. The molecule has 4 heteroatoms. The van der Waals surface area contributed by atoms with Crippen molar-refractivity contribution in [2.24, 2.45) is 0 Å². The first-order chi connectivity index (χ1) is 12.3. The molecule has 1 aliphatic rings. The Morgan fingerprint density at radius 2 is 2.08 bits per heavy atom. The zero-order valence-corrected chi connectivity index (χ0v) is 15.0. The van der Waals surface area contributed by atoms with Crippen molar-refractivity contribution in [2.45, 2.75) is 38.1 Å². The molecule has 1 aliphatic heterocycles. The zero-order valence-electron chi connectivity index (χ0n) is 14.2. The molecule has 3 nitrogen and oxygen atoms in total. The average Bonchev–Trinajstić information content (AvgIpc) is 3.19. The molecule has 3 heterocycles. The minimum atomic E-state index is 0.139. The number of pyridine rings is 1. The number of hydrogen-bond acceptors (Lipinski definition) is 3. The Hall–Kier alpha value is -2.20. The number of aromatic nitrogens is 1. The normalized spacial score (nSPS) is 17.8. The van der Waals surface area contributed by atoms with E-state index in [-0.39, 0.29) is 5.91 Å². The van der Waals surface area contributed by atoms with Crippen LogP contribution in [0.25, 0.3) is 10.9 Å². The topological polar surface area (TPSA) is 33.2 Å². The van der Waals surface area contributed by atoms with Crippen LogP contribution in [-0.2, 0) is 6.42 Å². The summed E-state index contributed by atoms with van der Waals surface area (Å²) in [5, 5.41) is 3.15. The molecule has 4 rings (SSSR count). The molecular formula is C21H22N2OS. The van der Waals surface area contributed by atoms with E-state index in [2.05, 4.69) is 27.4 Å². The van der Waals surface area contributed by atoms with E-state index in [1.165, 1.54) is 11.3 Å². The number of amides is 1. The lowest BCUT2D eigenvalue weighted by atomic mass is 9.96. The molecule has 1 amide bonds. The summed E-state index contributed by atoms with van der Waals surface area (Å²) in [7, 11) is 0. The van der Waals surface area contributed by atoms with Crippen molar-refractivity contribution in [2.75, 3.05) is 6.54 Å². The third-order valence-electron chi connectivity index (χ3n) is 5.06. The van der Waals surface area contributed by atoms with E-state index < -0.39 is 0 Å². The molecule has 3 aromatic rings. The number of nitrogens with zero attached hydrogens (tertiary/aromatic N) is 2. The van der Waals surface area contributed by atoms with Gasteiger partial charge in [-0.2, -0.15) is 0 Å². The number of carbonyl (C=O) groups is 1. The summed E-state index contributed by atoms with van der Waals surface area (Å²) in [5.41, 5.74) is 1.55. The van der Waals surface area contributed by atoms with E-state index in [9.17, 15) is 4.79 Å². The minimum absolute atomic E-state index is 0.139. The van der Waals surface area contributed by atoms with E-state index in [1.807, 2.05) is 30.3 Å². The van der Waals surface area contributed by atoms with E-state index >= 15 is 0 Å². The number of carbonyl (C=O) groups excluding carboxylic acids is 1. The number of fused-ring (bicyclic) bond motifs is 1. The molecular weight excluding hydrogens is 328 g/mol. The number of piperidine rings is 1. The second-order valence-electron chi connectivity index (χ2n) is 6.65. The minimum Gasteiger partial charge on any atom is -0.336 e. The molecule has 1 aromatic carbocycles. The van der Waals surface area contributed by atoms with Gasteiger partial charge in [0.2, 0.25) is 0 Å². The summed E-state index contributed by atoms with van der Waals surface area (Å²) in [6.45, 7) is 0.858. The van der Waals surface area contributed by atoms with Gasteiger partial charge in [0.25, 0.3) is 5.91 Å². The van der Waals surface area contributed by atoms with Gasteiger partial charge < -0.3 is 4.90 Å². The Morgan fingerprint density at radius 1 is 1.16 bits per heavy atom. The first-order valence-corrected chi connectivity index (χ1v) is 9.88. The number of thiophene rings is 1. The van der Waals surface area contributed by atoms with Gasteiger partial charge in [0.1, 0.15) is 0 Å². The number of benzene rings is 1. The van der Waals surface area contributed by atoms with Crippen LogP contribution in [0.15, 0.2) is 54.0 Å². The van der Waals surface area contributed by atoms with Gasteiger partial charge in [-0.05, 0) is 55.7 Å². The maximum atomic E-state index is 13.3. The fourth-order valence-electron chi connectivity index (χ4n) is 3.76. The van der Waals surface area contributed by atoms with Gasteiger partial charge in [-0.3, -0.25) is 9.78 Å². The van der Waals surface area contributed by atoms with Crippen molar-refractivity contribution in [3.63, 3.8) is 0 Å². The molecule has 0 N–H and O–H groups in total. The molecule has 128 valence electrons. The van der Waals surface area contributed by atoms with E-state index in [1.54, 1.807) is 17.5 Å². The third kappa shape index (κ3) is 3.45. The van der Waals surface area contributed by atoms with Crippen molar-refractivity contribution < 1.29 is 4.79 Å². The highest BCUT2D eigenvalue weighted by Gasteiger charge is 2.28. The highest BCUT2D eigenvalue weighted by atomic mass is 32.1. The molecule has 1 fully saturated rings. The summed E-state index contributed by atoms with van der Waals surface area (Å²) in [5.74, 6) is 0.139. The van der Waals surface area contributed by atoms with Gasteiger partial charge in [-0.25, -0.2) is 0 Å². The molecule has 1 saturated heterocycles. The fourth-order valence-corrected chi connectivity index (χ4v) is 4.49. The Labute approximate surface area is 152 Å². The smallest absolute Gasteiger partial charge is 0.256 e. The molecule has 25 heavy (non-hydrogen) atoms. The van der Waals surface area contributed by atoms with Crippen LogP contribution in [0.2, 0.25) is 0 Å². The maximum Gasteiger partial charge on any atom is 0.256 e. The second kappa shape index (κ2) is 7.36. The van der Waals surface area contributed by atoms with Crippen molar-refractivity contribution in [1.29, 1.82) is 0 Å². The molecule has 1 unspecified atom stereocenters. The Bertz CT molecular complexity index is 854. The first-order valence-electron chi connectivity index (χ1n) is 9.00. The summed E-state index contributed by atoms with van der Waals surface area (Å²) in [4.78, 5) is 21.2. The lowest BCUT2D eigenvalue weighted by Gasteiger charge is -2.36. The Morgan fingerprint density at radius 3 is 2.96 bits per heavy atom. The van der Waals surface area contributed by atoms with Crippen LogP contribution >= 0.6 is 11.3 Å². The van der Waals surface area contributed by atoms with Crippen LogP contribution < -0.4 is 0 Å². The molecule has 0 bridgehead atoms. The molecule has 2 aromatic heterocycles. The Balaban J connectivity index is 1.57. The van der Waals surface area contributed by atoms with E-state index in [4.69, 9.17) is 0 Å². The highest BCUT2D eigenvalue weighted by molar-refractivity contribution is 7.09. The quantitative estimate of drug-likeness (QED) is 0.669. The summed E-state index contributed by atoms with van der Waals surface area (Å²) >= 11 is 1.81. The maximum absolute atomic E-state index is 13.3. The van der Waals surface area contributed by atoms with Crippen LogP contribution in [0.5, 0.6) is 0 Å². The SMILES string of the molecule is O=C(c1cccc2cccnc12)N1CCCCC1CCc1cccs1. The number of hydrogen-bond donors (Lipinski definition) is 0. The lowest BCUT2D eigenvalue weighted by molar-refractivity contribution is 0.0604. The Kier molecular flexibility index (Phi) is 4.79. The van der Waals surface area contributed by atoms with Crippen molar-refractivity contribution in [3.8, 4) is 0 Å². The monoisotopic (exact) mass is 350 g/mol. The molecule has 0 spiro atoms. The van der Waals surface area contributed by atoms with Crippen molar-refractivity contribution in [3.05, 3.63) is 64.5 Å². The van der Waals surface area contributed by atoms with Crippen LogP contribution in [0.1, 0.15) is 40.9 Å². The number of rotatable bonds is 4. The molecule has 0 aliphatic carbocycles. The van der Waals surface area contributed by atoms with E-state index in [0.717, 1.165) is 48.7 Å². The van der Waals surface area contributed by atoms with Gasteiger partial charge in [0, 0.05) is 29.0 Å². The predicted molar refractivity (Wildman–Crippen MR) is 103 cm³/mol. The van der Waals surface area contributed by atoms with Gasteiger partial charge >= 0.3 is 0 Å². The number of para-hydroxylation sites is 1. The average molecular weight is 350 g/mol. The molecule has 0 saturated carbocycles. The third-order valence-corrected chi connectivity index (χ3v) is 5.99. The second-order valence-corrected chi connectivity index (χ2v) is 7.68. The van der Waals surface area contributed by atoms with Gasteiger partial charge in [0.05, 0.1) is 11.1 Å². The largest absolute Gasteiger partial charge is 0.336 e. The van der Waals surface area contributed by atoms with Gasteiger partial charge in [0.15, 0.2) is 0 Å². The van der Waals surface area contributed by atoms with E-state index in [0.29, 0.717) is 6.04 Å². The van der Waals surface area contributed by atoms with Crippen molar-refractivity contribution in [1.82, 2.24) is 9.88 Å². The summed E-state index contributed by atoms with van der Waals surface area (Å²) in [6.07, 6.45) is 7.29. The number of likely N-dealkylation sites (tertiary alicyclic amines) is 1. The van der Waals surface area contributed by atoms with Crippen LogP contribution in [-0.4, -0.2) is 28.4 Å². The van der Waals surface area contributed by atoms with Gasteiger partial charge in [-0.15, -0.1) is 11.3 Å². The zero-order chi connectivity index (χ0) is 17.1. The standard InChI is InChI=1S/C21H22N2OS/c24-21(19-10-3-6-16-7-4-13-22-20(16)19)23-14-2-1-8-17(23)11-12-18-9-5-15-25-18/h3-7,9-10,13,15,17H,1-2,8,11-12,14H2. The lowest BCUT2D eigenvalue weighted by Crippen LogP contribution is -2.44. The molecule has 1 atom stereocenters. The molecule has 0 radical (unpaired) electrons. The predicted octanol–water partition coefficient (Wildman–Crippen LogP) is 4.92.